The molecule has 4 aliphatic carbocycles. The first kappa shape index (κ1) is 19.3. The third kappa shape index (κ3) is 4.11. The monoisotopic (exact) mass is 409 g/mol. The van der Waals surface area contributed by atoms with Crippen LogP contribution in [0.4, 0.5) is 0 Å². The standard InChI is InChI=1S/C23H27N3O4/c27-19(12-23-9-15-6-16(10-23)8-17(7-15)11-23)24-13-21(28)29-14-20-25-26-22(30-20)18-4-2-1-3-5-18/h1-5,15-17H,6-14H2,(H,24,27). The topological polar surface area (TPSA) is 94.3 Å². The minimum Gasteiger partial charge on any atom is -0.454 e. The van der Waals surface area contributed by atoms with E-state index < -0.39 is 5.97 Å². The summed E-state index contributed by atoms with van der Waals surface area (Å²) >= 11 is 0. The van der Waals surface area contributed by atoms with Crippen molar-refractivity contribution in [2.45, 2.75) is 51.6 Å². The Morgan fingerprint density at radius 2 is 1.70 bits per heavy atom. The van der Waals surface area contributed by atoms with Crippen molar-refractivity contribution < 1.29 is 18.7 Å². The van der Waals surface area contributed by atoms with E-state index in [1.54, 1.807) is 0 Å². The molecule has 4 saturated carbocycles. The maximum atomic E-state index is 12.5. The Labute approximate surface area is 175 Å². The minimum absolute atomic E-state index is 0.0435. The molecule has 4 fully saturated rings. The normalized spacial score (nSPS) is 29.0. The Morgan fingerprint density at radius 1 is 1.03 bits per heavy atom. The lowest BCUT2D eigenvalue weighted by atomic mass is 9.49. The third-order valence-electron chi connectivity index (χ3n) is 6.97. The summed E-state index contributed by atoms with van der Waals surface area (Å²) in [7, 11) is 0. The van der Waals surface area contributed by atoms with Crippen molar-refractivity contribution >= 4 is 11.9 Å². The van der Waals surface area contributed by atoms with Gasteiger partial charge < -0.3 is 14.5 Å². The van der Waals surface area contributed by atoms with Gasteiger partial charge in [-0.15, -0.1) is 10.2 Å². The lowest BCUT2D eigenvalue weighted by Crippen LogP contribution is -2.48. The Bertz CT molecular complexity index is 888. The number of rotatable bonds is 7. The molecule has 6 rings (SSSR count). The molecule has 0 aliphatic heterocycles. The molecule has 1 heterocycles. The van der Waals surface area contributed by atoms with Gasteiger partial charge in [-0.2, -0.15) is 0 Å². The van der Waals surface area contributed by atoms with Gasteiger partial charge in [0.2, 0.25) is 11.8 Å². The smallest absolute Gasteiger partial charge is 0.325 e. The van der Waals surface area contributed by atoms with E-state index in [9.17, 15) is 9.59 Å². The van der Waals surface area contributed by atoms with E-state index in [2.05, 4.69) is 15.5 Å². The molecular weight excluding hydrogens is 382 g/mol. The van der Waals surface area contributed by atoms with Gasteiger partial charge in [-0.3, -0.25) is 9.59 Å². The van der Waals surface area contributed by atoms with Crippen LogP contribution >= 0.6 is 0 Å². The second-order valence-electron chi connectivity index (χ2n) is 9.40. The summed E-state index contributed by atoms with van der Waals surface area (Å²) in [6.07, 6.45) is 8.14. The van der Waals surface area contributed by atoms with Crippen LogP contribution < -0.4 is 5.32 Å². The van der Waals surface area contributed by atoms with E-state index in [1.165, 1.54) is 38.5 Å². The van der Waals surface area contributed by atoms with Crippen LogP contribution in [0.25, 0.3) is 11.5 Å². The molecule has 0 unspecified atom stereocenters. The van der Waals surface area contributed by atoms with Crippen molar-refractivity contribution in [3.8, 4) is 11.5 Å². The lowest BCUT2D eigenvalue weighted by Gasteiger charge is -2.56. The number of nitrogens with one attached hydrogen (secondary N) is 1. The Kier molecular flexibility index (Phi) is 5.05. The van der Waals surface area contributed by atoms with Gasteiger partial charge in [0.1, 0.15) is 6.54 Å². The summed E-state index contributed by atoms with van der Waals surface area (Å²) in [4.78, 5) is 24.5. The zero-order chi connectivity index (χ0) is 20.6. The molecule has 30 heavy (non-hydrogen) atoms. The molecule has 1 aromatic heterocycles. The molecular formula is C23H27N3O4. The Hall–Kier alpha value is -2.70. The average molecular weight is 409 g/mol. The van der Waals surface area contributed by atoms with Gasteiger partial charge in [0.05, 0.1) is 0 Å². The van der Waals surface area contributed by atoms with Crippen LogP contribution in [-0.4, -0.2) is 28.6 Å². The quantitative estimate of drug-likeness (QED) is 0.704. The van der Waals surface area contributed by atoms with E-state index in [1.807, 2.05) is 30.3 Å². The number of aromatic nitrogens is 2. The van der Waals surface area contributed by atoms with Gasteiger partial charge >= 0.3 is 5.97 Å². The zero-order valence-electron chi connectivity index (χ0n) is 17.0. The Balaban J connectivity index is 1.07. The van der Waals surface area contributed by atoms with Crippen molar-refractivity contribution in [1.82, 2.24) is 15.5 Å². The fourth-order valence-corrected chi connectivity index (χ4v) is 6.28. The van der Waals surface area contributed by atoms with Crippen molar-refractivity contribution in [2.24, 2.45) is 23.2 Å². The lowest BCUT2D eigenvalue weighted by molar-refractivity contribution is -0.146. The zero-order valence-corrected chi connectivity index (χ0v) is 17.0. The van der Waals surface area contributed by atoms with Crippen LogP contribution in [0, 0.1) is 23.2 Å². The van der Waals surface area contributed by atoms with Crippen molar-refractivity contribution in [3.63, 3.8) is 0 Å². The summed E-state index contributed by atoms with van der Waals surface area (Å²) in [5.74, 6) is 2.48. The van der Waals surface area contributed by atoms with Gasteiger partial charge in [-0.1, -0.05) is 18.2 Å². The first-order chi connectivity index (χ1) is 14.6. The number of carbonyl (C=O) groups is 2. The van der Waals surface area contributed by atoms with Gasteiger partial charge in [0.25, 0.3) is 5.89 Å². The SMILES string of the molecule is O=C(CC12CC3CC(CC(C3)C1)C2)NCC(=O)OCc1nnc(-c2ccccc2)o1. The fraction of sp³-hybridized carbons (Fsp3) is 0.565. The molecule has 1 amide bonds. The van der Waals surface area contributed by atoms with Crippen molar-refractivity contribution in [3.05, 3.63) is 36.2 Å². The van der Waals surface area contributed by atoms with Crippen LogP contribution in [-0.2, 0) is 20.9 Å². The second kappa shape index (κ2) is 7.85. The molecule has 0 atom stereocenters. The van der Waals surface area contributed by atoms with Crippen LogP contribution in [0.5, 0.6) is 0 Å². The predicted octanol–water partition coefficient (Wildman–Crippen LogP) is 3.50. The van der Waals surface area contributed by atoms with Crippen molar-refractivity contribution in [2.75, 3.05) is 6.54 Å². The molecule has 7 nitrogen and oxygen atoms in total. The molecule has 158 valence electrons. The third-order valence-corrected chi connectivity index (χ3v) is 6.97. The summed E-state index contributed by atoms with van der Waals surface area (Å²) < 4.78 is 10.7. The van der Waals surface area contributed by atoms with E-state index >= 15 is 0 Å². The average Bonchev–Trinajstić information content (AvgIpc) is 3.19. The minimum atomic E-state index is -0.506. The van der Waals surface area contributed by atoms with Crippen LogP contribution in [0.15, 0.2) is 34.7 Å². The van der Waals surface area contributed by atoms with Gasteiger partial charge in [-0.25, -0.2) is 0 Å². The van der Waals surface area contributed by atoms with Gasteiger partial charge in [0.15, 0.2) is 6.61 Å². The highest BCUT2D eigenvalue weighted by Crippen LogP contribution is 2.61. The maximum absolute atomic E-state index is 12.5. The second-order valence-corrected chi connectivity index (χ2v) is 9.40. The van der Waals surface area contributed by atoms with Crippen LogP contribution in [0.1, 0.15) is 50.8 Å². The van der Waals surface area contributed by atoms with E-state index in [4.69, 9.17) is 9.15 Å². The molecule has 0 radical (unpaired) electrons. The molecule has 0 saturated heterocycles. The number of ether oxygens (including phenoxy) is 1. The summed E-state index contributed by atoms with van der Waals surface area (Å²) in [5, 5.41) is 10.6. The van der Waals surface area contributed by atoms with Crippen molar-refractivity contribution in [1.29, 1.82) is 0 Å². The van der Waals surface area contributed by atoms with Gasteiger partial charge in [-0.05, 0) is 73.8 Å². The molecule has 0 spiro atoms. The predicted molar refractivity (Wildman–Crippen MR) is 108 cm³/mol. The molecule has 1 N–H and O–H groups in total. The fourth-order valence-electron chi connectivity index (χ4n) is 6.28. The van der Waals surface area contributed by atoms with E-state index in [0.29, 0.717) is 12.3 Å². The number of esters is 1. The van der Waals surface area contributed by atoms with E-state index in [-0.39, 0.29) is 30.4 Å². The van der Waals surface area contributed by atoms with Gasteiger partial charge in [0, 0.05) is 12.0 Å². The number of hydrogen-bond donors (Lipinski definition) is 1. The number of benzene rings is 1. The molecule has 4 bridgehead atoms. The highest BCUT2D eigenvalue weighted by Gasteiger charge is 2.51. The molecule has 4 aliphatic rings. The number of carbonyl (C=O) groups excluding carboxylic acids is 2. The largest absolute Gasteiger partial charge is 0.454 e. The first-order valence-corrected chi connectivity index (χ1v) is 10.9. The summed E-state index contributed by atoms with van der Waals surface area (Å²) in [5.41, 5.74) is 0.972. The number of hydrogen-bond acceptors (Lipinski definition) is 6. The number of nitrogens with zero attached hydrogens (tertiary/aromatic N) is 2. The molecule has 7 heteroatoms. The Morgan fingerprint density at radius 3 is 2.37 bits per heavy atom. The van der Waals surface area contributed by atoms with Crippen LogP contribution in [0.2, 0.25) is 0 Å². The van der Waals surface area contributed by atoms with E-state index in [0.717, 1.165) is 23.3 Å². The highest BCUT2D eigenvalue weighted by molar-refractivity contribution is 5.82. The highest BCUT2D eigenvalue weighted by atomic mass is 16.5. The summed E-state index contributed by atoms with van der Waals surface area (Å²) in [6.45, 7) is -0.242. The first-order valence-electron chi connectivity index (χ1n) is 10.9. The molecule has 2 aromatic rings. The molecule has 1 aromatic carbocycles. The van der Waals surface area contributed by atoms with Crippen LogP contribution in [0.3, 0.4) is 0 Å². The number of amides is 1. The maximum Gasteiger partial charge on any atom is 0.325 e. The summed E-state index contributed by atoms with van der Waals surface area (Å²) in [6, 6.07) is 9.39.